The summed E-state index contributed by atoms with van der Waals surface area (Å²) in [5, 5.41) is 9.46. The fourth-order valence-electron chi connectivity index (χ4n) is 3.14. The largest absolute Gasteiger partial charge is 0.493 e. The van der Waals surface area contributed by atoms with E-state index in [1.165, 1.54) is 12.1 Å². The van der Waals surface area contributed by atoms with Crippen molar-refractivity contribution >= 4 is 11.9 Å². The second-order valence-electron chi connectivity index (χ2n) is 6.27. The highest BCUT2D eigenvalue weighted by Gasteiger charge is 2.31. The molecule has 0 radical (unpaired) electrons. The van der Waals surface area contributed by atoms with Crippen molar-refractivity contribution in [2.24, 2.45) is 0 Å². The third-order valence-electron chi connectivity index (χ3n) is 4.45. The van der Waals surface area contributed by atoms with Crippen molar-refractivity contribution in [1.82, 2.24) is 4.90 Å². The van der Waals surface area contributed by atoms with E-state index >= 15 is 0 Å². The SMILES string of the molecule is O=C(O)C1CN(C(=O)CCCOc2cccc(F)c2)Cc2ccccc21. The number of benzene rings is 2. The number of halogens is 1. The van der Waals surface area contributed by atoms with Gasteiger partial charge in [0.2, 0.25) is 5.91 Å². The van der Waals surface area contributed by atoms with Crippen molar-refractivity contribution in [3.63, 3.8) is 0 Å². The minimum Gasteiger partial charge on any atom is -0.493 e. The second kappa shape index (κ2) is 7.99. The maximum Gasteiger partial charge on any atom is 0.312 e. The van der Waals surface area contributed by atoms with Crippen LogP contribution in [0, 0.1) is 5.82 Å². The van der Waals surface area contributed by atoms with Gasteiger partial charge in [-0.25, -0.2) is 4.39 Å². The molecule has 2 aromatic carbocycles. The van der Waals surface area contributed by atoms with Crippen molar-refractivity contribution < 1.29 is 23.8 Å². The molecule has 0 spiro atoms. The summed E-state index contributed by atoms with van der Waals surface area (Å²) in [6.07, 6.45) is 0.731. The first kappa shape index (κ1) is 17.9. The third kappa shape index (κ3) is 4.20. The van der Waals surface area contributed by atoms with Crippen LogP contribution in [0.2, 0.25) is 0 Å². The molecule has 5 nitrogen and oxygen atoms in total. The van der Waals surface area contributed by atoms with Gasteiger partial charge < -0.3 is 14.7 Å². The first-order valence-corrected chi connectivity index (χ1v) is 8.51. The number of amides is 1. The summed E-state index contributed by atoms with van der Waals surface area (Å²) in [4.78, 5) is 25.6. The number of hydrogen-bond acceptors (Lipinski definition) is 3. The van der Waals surface area contributed by atoms with Gasteiger partial charge in [0.25, 0.3) is 0 Å². The molecule has 1 aliphatic heterocycles. The van der Waals surface area contributed by atoms with Gasteiger partial charge in [0, 0.05) is 25.6 Å². The highest BCUT2D eigenvalue weighted by molar-refractivity contribution is 5.81. The van der Waals surface area contributed by atoms with Gasteiger partial charge in [0.15, 0.2) is 0 Å². The van der Waals surface area contributed by atoms with Crippen molar-refractivity contribution in [3.05, 3.63) is 65.5 Å². The van der Waals surface area contributed by atoms with E-state index in [9.17, 15) is 19.1 Å². The van der Waals surface area contributed by atoms with Gasteiger partial charge in [0.1, 0.15) is 11.6 Å². The topological polar surface area (TPSA) is 66.8 Å². The summed E-state index contributed by atoms with van der Waals surface area (Å²) in [7, 11) is 0. The molecule has 26 heavy (non-hydrogen) atoms. The zero-order valence-electron chi connectivity index (χ0n) is 14.2. The van der Waals surface area contributed by atoms with Crippen molar-refractivity contribution in [1.29, 1.82) is 0 Å². The molecule has 1 N–H and O–H groups in total. The van der Waals surface area contributed by atoms with Crippen LogP contribution >= 0.6 is 0 Å². The lowest BCUT2D eigenvalue weighted by Crippen LogP contribution is -2.40. The van der Waals surface area contributed by atoms with E-state index in [1.807, 2.05) is 24.3 Å². The number of aliphatic carboxylic acids is 1. The minimum atomic E-state index is -0.926. The Hall–Kier alpha value is -2.89. The second-order valence-corrected chi connectivity index (χ2v) is 6.27. The Morgan fingerprint density at radius 2 is 2.00 bits per heavy atom. The van der Waals surface area contributed by atoms with Crippen LogP contribution in [0.4, 0.5) is 4.39 Å². The standard InChI is InChI=1S/C20H20FNO4/c21-15-6-3-7-16(11-15)26-10-4-9-19(23)22-12-14-5-1-2-8-17(14)18(13-22)20(24)25/h1-3,5-8,11,18H,4,9-10,12-13H2,(H,24,25). The Labute approximate surface area is 151 Å². The predicted octanol–water partition coefficient (Wildman–Crippen LogP) is 3.20. The number of fused-ring (bicyclic) bond motifs is 1. The van der Waals surface area contributed by atoms with E-state index in [2.05, 4.69) is 0 Å². The number of carbonyl (C=O) groups is 2. The Bertz CT molecular complexity index is 808. The number of hydrogen-bond donors (Lipinski definition) is 1. The maximum atomic E-state index is 13.1. The van der Waals surface area contributed by atoms with Crippen LogP contribution in [-0.4, -0.2) is 35.0 Å². The Kier molecular flexibility index (Phi) is 5.51. The summed E-state index contributed by atoms with van der Waals surface area (Å²) in [6, 6.07) is 13.2. The van der Waals surface area contributed by atoms with Gasteiger partial charge in [-0.2, -0.15) is 0 Å². The molecule has 1 heterocycles. The predicted molar refractivity (Wildman–Crippen MR) is 93.4 cm³/mol. The molecule has 1 unspecified atom stereocenters. The highest BCUT2D eigenvalue weighted by atomic mass is 19.1. The summed E-state index contributed by atoms with van der Waals surface area (Å²) < 4.78 is 18.5. The smallest absolute Gasteiger partial charge is 0.312 e. The summed E-state index contributed by atoms with van der Waals surface area (Å²) in [5.74, 6) is -1.68. The normalized spacial score (nSPS) is 16.0. The van der Waals surface area contributed by atoms with Gasteiger partial charge >= 0.3 is 5.97 Å². The van der Waals surface area contributed by atoms with E-state index in [1.54, 1.807) is 17.0 Å². The molecule has 1 atom stereocenters. The lowest BCUT2D eigenvalue weighted by atomic mass is 9.89. The molecular weight excluding hydrogens is 337 g/mol. The average molecular weight is 357 g/mol. The van der Waals surface area contributed by atoms with Gasteiger partial charge in [-0.15, -0.1) is 0 Å². The molecule has 0 aromatic heterocycles. The average Bonchev–Trinajstić information content (AvgIpc) is 2.64. The maximum absolute atomic E-state index is 13.1. The third-order valence-corrected chi connectivity index (χ3v) is 4.45. The zero-order valence-corrected chi connectivity index (χ0v) is 14.2. The molecule has 0 saturated heterocycles. The number of carbonyl (C=O) groups excluding carboxylic acids is 1. The molecule has 6 heteroatoms. The molecule has 0 bridgehead atoms. The molecule has 0 saturated carbocycles. The number of carboxylic acids is 1. The summed E-state index contributed by atoms with van der Waals surface area (Å²) >= 11 is 0. The molecule has 0 aliphatic carbocycles. The van der Waals surface area contributed by atoms with E-state index in [-0.39, 0.29) is 24.7 Å². The van der Waals surface area contributed by atoms with E-state index in [4.69, 9.17) is 4.74 Å². The van der Waals surface area contributed by atoms with Crippen molar-refractivity contribution in [3.8, 4) is 5.75 Å². The van der Waals surface area contributed by atoms with Crippen LogP contribution < -0.4 is 4.74 Å². The van der Waals surface area contributed by atoms with Crippen LogP contribution in [0.25, 0.3) is 0 Å². The molecule has 3 rings (SSSR count). The van der Waals surface area contributed by atoms with E-state index in [0.717, 1.165) is 11.1 Å². The first-order valence-electron chi connectivity index (χ1n) is 8.51. The molecule has 0 fully saturated rings. The Balaban J connectivity index is 1.54. The lowest BCUT2D eigenvalue weighted by molar-refractivity contribution is -0.141. The number of nitrogens with zero attached hydrogens (tertiary/aromatic N) is 1. The fraction of sp³-hybridized carbons (Fsp3) is 0.300. The minimum absolute atomic E-state index is 0.103. The molecule has 1 aliphatic rings. The van der Waals surface area contributed by atoms with Gasteiger partial charge in [-0.3, -0.25) is 9.59 Å². The summed E-state index contributed by atoms with van der Waals surface area (Å²) in [5.41, 5.74) is 1.65. The Morgan fingerprint density at radius 1 is 1.19 bits per heavy atom. The van der Waals surface area contributed by atoms with E-state index in [0.29, 0.717) is 25.3 Å². The van der Waals surface area contributed by atoms with Crippen LogP contribution in [0.5, 0.6) is 5.75 Å². The number of carboxylic acid groups (broad SMARTS) is 1. The Morgan fingerprint density at radius 3 is 2.77 bits per heavy atom. The molecule has 136 valence electrons. The zero-order chi connectivity index (χ0) is 18.5. The van der Waals surface area contributed by atoms with Crippen molar-refractivity contribution in [2.75, 3.05) is 13.2 Å². The number of ether oxygens (including phenoxy) is 1. The van der Waals surface area contributed by atoms with Gasteiger partial charge in [-0.1, -0.05) is 30.3 Å². The fourth-order valence-corrected chi connectivity index (χ4v) is 3.14. The molecule has 1 amide bonds. The highest BCUT2D eigenvalue weighted by Crippen LogP contribution is 2.29. The van der Waals surface area contributed by atoms with Crippen LogP contribution in [0.15, 0.2) is 48.5 Å². The van der Waals surface area contributed by atoms with Crippen LogP contribution in [-0.2, 0) is 16.1 Å². The van der Waals surface area contributed by atoms with E-state index < -0.39 is 11.9 Å². The lowest BCUT2D eigenvalue weighted by Gasteiger charge is -2.33. The van der Waals surface area contributed by atoms with Gasteiger partial charge in [0.05, 0.1) is 12.5 Å². The van der Waals surface area contributed by atoms with Crippen molar-refractivity contribution in [2.45, 2.75) is 25.3 Å². The first-order chi connectivity index (χ1) is 12.5. The van der Waals surface area contributed by atoms with Gasteiger partial charge in [-0.05, 0) is 29.7 Å². The quantitative estimate of drug-likeness (QED) is 0.807. The summed E-state index contributed by atoms with van der Waals surface area (Å²) in [6.45, 7) is 0.890. The monoisotopic (exact) mass is 357 g/mol. The number of rotatable bonds is 6. The molecular formula is C20H20FNO4. The van der Waals surface area contributed by atoms with Crippen LogP contribution in [0.3, 0.4) is 0 Å². The molecule has 2 aromatic rings. The van der Waals surface area contributed by atoms with Crippen LogP contribution in [0.1, 0.15) is 29.9 Å².